The van der Waals surface area contributed by atoms with Crippen LogP contribution in [0.2, 0.25) is 0 Å². The van der Waals surface area contributed by atoms with Gasteiger partial charge in [-0.2, -0.15) is 0 Å². The smallest absolute Gasteiger partial charge is 0.349 e. The van der Waals surface area contributed by atoms with Crippen LogP contribution in [0.4, 0.5) is 8.78 Å². The molecule has 0 N–H and O–H groups in total. The van der Waals surface area contributed by atoms with E-state index in [4.69, 9.17) is 14.2 Å². The molecule has 2 unspecified atom stereocenters. The van der Waals surface area contributed by atoms with Crippen LogP contribution in [0.25, 0.3) is 21.5 Å². The summed E-state index contributed by atoms with van der Waals surface area (Å²) in [5.74, 6) is -4.32. The number of hydrogen-bond donors (Lipinski definition) is 0. The first-order valence-corrected chi connectivity index (χ1v) is 13.4. The quantitative estimate of drug-likeness (QED) is 0.108. The van der Waals surface area contributed by atoms with Gasteiger partial charge in [-0.05, 0) is 77.9 Å². The summed E-state index contributed by atoms with van der Waals surface area (Å²) in [6.07, 6.45) is 1.43. The molecule has 2 atom stereocenters. The minimum Gasteiger partial charge on any atom is -0.454 e. The van der Waals surface area contributed by atoms with E-state index in [1.54, 1.807) is 25.1 Å². The predicted octanol–water partition coefficient (Wildman–Crippen LogP) is 8.24. The van der Waals surface area contributed by atoms with E-state index in [2.05, 4.69) is 13.2 Å². The molecular formula is C34H30F2O6. The maximum absolute atomic E-state index is 15.4. The number of ether oxygens (including phenoxy) is 3. The lowest BCUT2D eigenvalue weighted by molar-refractivity contribution is -0.144. The molecule has 4 rings (SSSR count). The van der Waals surface area contributed by atoms with Crippen molar-refractivity contribution in [1.82, 2.24) is 0 Å². The Bertz CT molecular complexity index is 1720. The highest BCUT2D eigenvalue weighted by atomic mass is 19.1. The summed E-state index contributed by atoms with van der Waals surface area (Å²) in [4.78, 5) is 36.5. The topological polar surface area (TPSA) is 78.9 Å². The van der Waals surface area contributed by atoms with Gasteiger partial charge in [0, 0.05) is 17.0 Å². The van der Waals surface area contributed by atoms with Gasteiger partial charge in [0.15, 0.2) is 0 Å². The molecule has 0 bridgehead atoms. The number of hydrogen-bond acceptors (Lipinski definition) is 6. The molecule has 0 aliphatic carbocycles. The molecule has 0 saturated heterocycles. The zero-order valence-electron chi connectivity index (χ0n) is 23.5. The number of benzene rings is 4. The number of halogens is 2. The van der Waals surface area contributed by atoms with Crippen LogP contribution in [0.1, 0.15) is 67.3 Å². The van der Waals surface area contributed by atoms with Crippen LogP contribution in [-0.2, 0) is 19.1 Å². The minimum absolute atomic E-state index is 0.00959. The second-order valence-corrected chi connectivity index (χ2v) is 9.93. The molecule has 4 aromatic carbocycles. The lowest BCUT2D eigenvalue weighted by Gasteiger charge is -2.17. The van der Waals surface area contributed by atoms with Crippen molar-refractivity contribution in [2.75, 3.05) is 0 Å². The summed E-state index contributed by atoms with van der Waals surface area (Å²) in [6, 6.07) is 15.7. The van der Waals surface area contributed by atoms with Crippen LogP contribution >= 0.6 is 0 Å². The fourth-order valence-corrected chi connectivity index (χ4v) is 4.53. The molecule has 0 fully saturated rings. The summed E-state index contributed by atoms with van der Waals surface area (Å²) in [6.45, 7) is 12.1. The van der Waals surface area contributed by atoms with E-state index in [0.717, 1.165) is 29.5 Å². The zero-order valence-corrected chi connectivity index (χ0v) is 23.5. The summed E-state index contributed by atoms with van der Waals surface area (Å²) >= 11 is 0. The average molecular weight is 573 g/mol. The van der Waals surface area contributed by atoms with Crippen molar-refractivity contribution in [3.05, 3.63) is 114 Å². The maximum Gasteiger partial charge on any atom is 0.349 e. The van der Waals surface area contributed by atoms with Gasteiger partial charge in [-0.3, -0.25) is 0 Å². The van der Waals surface area contributed by atoms with Crippen molar-refractivity contribution < 1.29 is 37.4 Å². The molecule has 6 nitrogen and oxygen atoms in total. The van der Waals surface area contributed by atoms with Crippen molar-refractivity contribution >= 4 is 39.5 Å². The Balaban J connectivity index is 1.57. The standard InChI is InChI=1S/C34H30F2O6/c1-6-8-29(42-30(37)7-2)24-10-9-23-17-26(13-11-22(23)16-24)41-34(39)31-28(35)18-25-15-21(12-14-27(25)32(31)36)20(5)40-33(38)19(3)4/h7,9-18,20,29H,2-3,6,8H2,1,4-5H3. The fourth-order valence-electron chi connectivity index (χ4n) is 4.53. The molecule has 0 aromatic heterocycles. The van der Waals surface area contributed by atoms with E-state index in [-0.39, 0.29) is 22.1 Å². The number of fused-ring (bicyclic) bond motifs is 2. The summed E-state index contributed by atoms with van der Waals surface area (Å²) in [5.41, 5.74) is 0.728. The molecule has 0 heterocycles. The first-order chi connectivity index (χ1) is 20.0. The van der Waals surface area contributed by atoms with Crippen LogP contribution in [0, 0.1) is 11.6 Å². The molecule has 0 aliphatic rings. The molecule has 216 valence electrons. The average Bonchev–Trinajstić information content (AvgIpc) is 2.96. The van der Waals surface area contributed by atoms with Crippen molar-refractivity contribution in [2.24, 2.45) is 0 Å². The van der Waals surface area contributed by atoms with Gasteiger partial charge in [0.05, 0.1) is 0 Å². The first-order valence-electron chi connectivity index (χ1n) is 13.4. The fraction of sp³-hybridized carbons (Fsp3) is 0.206. The lowest BCUT2D eigenvalue weighted by Crippen LogP contribution is -2.14. The normalized spacial score (nSPS) is 12.4. The molecule has 4 aromatic rings. The Labute approximate surface area is 242 Å². The highest BCUT2D eigenvalue weighted by Crippen LogP contribution is 2.31. The molecule has 0 radical (unpaired) electrons. The van der Waals surface area contributed by atoms with Crippen LogP contribution in [0.15, 0.2) is 85.5 Å². The Kier molecular flexibility index (Phi) is 9.15. The molecule has 8 heteroatoms. The van der Waals surface area contributed by atoms with Crippen molar-refractivity contribution in [1.29, 1.82) is 0 Å². The Hall–Kier alpha value is -4.85. The van der Waals surface area contributed by atoms with E-state index < -0.39 is 47.3 Å². The molecular weight excluding hydrogens is 542 g/mol. The molecule has 42 heavy (non-hydrogen) atoms. The van der Waals surface area contributed by atoms with Gasteiger partial charge in [-0.15, -0.1) is 0 Å². The lowest BCUT2D eigenvalue weighted by atomic mass is 10.0. The van der Waals surface area contributed by atoms with Gasteiger partial charge in [-0.1, -0.05) is 56.8 Å². The van der Waals surface area contributed by atoms with Gasteiger partial charge in [0.1, 0.15) is 35.2 Å². The number of esters is 3. The third kappa shape index (κ3) is 6.54. The second-order valence-electron chi connectivity index (χ2n) is 9.93. The van der Waals surface area contributed by atoms with Crippen LogP contribution < -0.4 is 4.74 Å². The van der Waals surface area contributed by atoms with Crippen molar-refractivity contribution in [3.8, 4) is 5.75 Å². The summed E-state index contributed by atoms with van der Waals surface area (Å²) in [7, 11) is 0. The van der Waals surface area contributed by atoms with Gasteiger partial charge < -0.3 is 14.2 Å². The van der Waals surface area contributed by atoms with Crippen LogP contribution in [-0.4, -0.2) is 17.9 Å². The maximum atomic E-state index is 15.4. The first kappa shape index (κ1) is 30.1. The number of carbonyl (C=O) groups excluding carboxylic acids is 3. The van der Waals surface area contributed by atoms with E-state index in [1.807, 2.05) is 19.1 Å². The minimum atomic E-state index is -1.19. The van der Waals surface area contributed by atoms with Crippen LogP contribution in [0.3, 0.4) is 0 Å². The van der Waals surface area contributed by atoms with Crippen LogP contribution in [0.5, 0.6) is 5.75 Å². The third-order valence-corrected chi connectivity index (χ3v) is 6.75. The monoisotopic (exact) mass is 572 g/mol. The SMILES string of the molecule is C=CC(=O)OC(CCC)c1ccc2cc(OC(=O)c3c(F)cc4cc(C(C)OC(=O)C(=C)C)ccc4c3F)ccc2c1. The van der Waals surface area contributed by atoms with Crippen molar-refractivity contribution in [2.45, 2.75) is 45.8 Å². The van der Waals surface area contributed by atoms with E-state index in [9.17, 15) is 14.4 Å². The van der Waals surface area contributed by atoms with Gasteiger partial charge in [0.25, 0.3) is 0 Å². The predicted molar refractivity (Wildman–Crippen MR) is 156 cm³/mol. The van der Waals surface area contributed by atoms with E-state index in [1.165, 1.54) is 31.2 Å². The van der Waals surface area contributed by atoms with E-state index >= 15 is 8.78 Å². The second kappa shape index (κ2) is 12.8. The molecule has 0 amide bonds. The highest BCUT2D eigenvalue weighted by molar-refractivity contribution is 5.98. The van der Waals surface area contributed by atoms with Gasteiger partial charge in [-0.25, -0.2) is 23.2 Å². The van der Waals surface area contributed by atoms with Gasteiger partial charge in [0.2, 0.25) is 0 Å². The Morgan fingerprint density at radius 3 is 2.26 bits per heavy atom. The largest absolute Gasteiger partial charge is 0.454 e. The number of carbonyl (C=O) groups is 3. The number of rotatable bonds is 10. The molecule has 0 spiro atoms. The van der Waals surface area contributed by atoms with E-state index in [0.29, 0.717) is 17.4 Å². The third-order valence-electron chi connectivity index (χ3n) is 6.75. The zero-order chi connectivity index (χ0) is 30.6. The Morgan fingerprint density at radius 2 is 1.57 bits per heavy atom. The molecule has 0 saturated carbocycles. The Morgan fingerprint density at radius 1 is 0.905 bits per heavy atom. The van der Waals surface area contributed by atoms with Crippen molar-refractivity contribution in [3.63, 3.8) is 0 Å². The van der Waals surface area contributed by atoms with Gasteiger partial charge >= 0.3 is 17.9 Å². The molecule has 0 aliphatic heterocycles. The summed E-state index contributed by atoms with van der Waals surface area (Å²) < 4.78 is 46.6. The summed E-state index contributed by atoms with van der Waals surface area (Å²) in [5, 5.41) is 1.71. The highest BCUT2D eigenvalue weighted by Gasteiger charge is 2.24.